The van der Waals surface area contributed by atoms with Gasteiger partial charge in [-0.1, -0.05) is 401 Å². The summed E-state index contributed by atoms with van der Waals surface area (Å²) in [7, 11) is 1.50. The first kappa shape index (κ1) is 95.5. The largest absolute Gasteiger partial charge is 0.472 e. The minimum Gasteiger partial charge on any atom is -0.462 e. The summed E-state index contributed by atoms with van der Waals surface area (Å²) in [5.74, 6) is -0.773. The number of hydrogen-bond donors (Lipinski definition) is 1. The van der Waals surface area contributed by atoms with Crippen molar-refractivity contribution in [3.63, 3.8) is 0 Å². The first-order valence-corrected chi connectivity index (χ1v) is 44.2. The van der Waals surface area contributed by atoms with Gasteiger partial charge in [0.2, 0.25) is 0 Å². The number of rotatable bonds is 80. The Hall–Kier alpha value is -2.55. The Kier molecular flexibility index (Phi) is 76.5. The molecule has 0 aromatic carbocycles. The van der Waals surface area contributed by atoms with Gasteiger partial charge in [0, 0.05) is 12.8 Å². The summed E-state index contributed by atoms with van der Waals surface area (Å²) in [4.78, 5) is 36.0. The van der Waals surface area contributed by atoms with Crippen molar-refractivity contribution in [2.75, 3.05) is 47.5 Å². The lowest BCUT2D eigenvalue weighted by atomic mass is 10.0. The van der Waals surface area contributed by atoms with E-state index in [2.05, 4.69) is 86.8 Å². The van der Waals surface area contributed by atoms with E-state index in [1.54, 1.807) is 0 Å². The average Bonchev–Trinajstić information content (AvgIpc) is 1.08. The van der Waals surface area contributed by atoms with E-state index in [4.69, 9.17) is 18.5 Å². The van der Waals surface area contributed by atoms with Gasteiger partial charge in [0.05, 0.1) is 27.7 Å². The molecule has 0 rings (SSSR count). The highest BCUT2D eigenvalue weighted by Crippen LogP contribution is 2.43. The molecule has 0 amide bonds. The van der Waals surface area contributed by atoms with Gasteiger partial charge >= 0.3 is 19.8 Å². The molecule has 0 spiro atoms. The van der Waals surface area contributed by atoms with E-state index in [1.165, 1.54) is 327 Å². The molecule has 98 heavy (non-hydrogen) atoms. The van der Waals surface area contributed by atoms with Crippen LogP contribution in [0, 0.1) is 0 Å². The van der Waals surface area contributed by atoms with Crippen LogP contribution in [0.5, 0.6) is 0 Å². The van der Waals surface area contributed by atoms with Gasteiger partial charge in [-0.3, -0.25) is 18.6 Å². The summed E-state index contributed by atoms with van der Waals surface area (Å²) in [5, 5.41) is 0. The molecule has 2 atom stereocenters. The van der Waals surface area contributed by atoms with Gasteiger partial charge in [-0.25, -0.2) is 4.57 Å². The molecular weight excluding hydrogens is 1230 g/mol. The van der Waals surface area contributed by atoms with Crippen LogP contribution in [0.2, 0.25) is 0 Å². The SMILES string of the molecule is CC/C=C\C/C=C\C/C=C\C/C=C\CCCCCCCCCCCCCCCCCCCCCCC(=O)OC(COC(=O)CCCCCCCCCCCCCCCCCCCCCCCCCCCCCCC/C=C\C/C=C\CCCCCCC)COP(=O)(O)OCC[N+](C)(C)C. The zero-order chi connectivity index (χ0) is 71.1. The Bertz CT molecular complexity index is 1890. The zero-order valence-corrected chi connectivity index (χ0v) is 66.7. The minimum atomic E-state index is -4.40. The molecule has 0 radical (unpaired) electrons. The molecule has 0 aliphatic carbocycles. The number of phosphoric acid groups is 1. The predicted octanol–water partition coefficient (Wildman–Crippen LogP) is 28.6. The number of likely N-dealkylation sites (N-methyl/N-ethyl adjacent to an activating group) is 1. The number of allylic oxidation sites excluding steroid dienone is 12. The highest BCUT2D eigenvalue weighted by atomic mass is 31.2. The van der Waals surface area contributed by atoms with Crippen LogP contribution in [-0.4, -0.2) is 74.9 Å². The van der Waals surface area contributed by atoms with Crippen molar-refractivity contribution in [3.05, 3.63) is 72.9 Å². The number of carbonyl (C=O) groups is 2. The molecule has 9 nitrogen and oxygen atoms in total. The zero-order valence-electron chi connectivity index (χ0n) is 65.8. The molecule has 0 aromatic heterocycles. The van der Waals surface area contributed by atoms with Crippen molar-refractivity contribution in [2.45, 2.75) is 431 Å². The van der Waals surface area contributed by atoms with Crippen LogP contribution in [0.4, 0.5) is 0 Å². The second-order valence-electron chi connectivity index (χ2n) is 30.2. The minimum absolute atomic E-state index is 0.0337. The van der Waals surface area contributed by atoms with Gasteiger partial charge in [0.1, 0.15) is 19.8 Å². The van der Waals surface area contributed by atoms with Crippen LogP contribution in [0.25, 0.3) is 0 Å². The molecule has 0 aromatic rings. The summed E-state index contributed by atoms with van der Waals surface area (Å²) in [6, 6.07) is 0. The van der Waals surface area contributed by atoms with Gasteiger partial charge in [-0.15, -0.1) is 0 Å². The Balaban J connectivity index is 3.86. The third-order valence-corrected chi connectivity index (χ3v) is 20.2. The molecule has 0 bridgehead atoms. The van der Waals surface area contributed by atoms with Gasteiger partial charge in [-0.05, 0) is 83.5 Å². The van der Waals surface area contributed by atoms with Gasteiger partial charge < -0.3 is 18.9 Å². The number of nitrogens with zero attached hydrogens (tertiary/aromatic N) is 1. The molecular formula is C88H165NO8P+. The maximum absolute atomic E-state index is 12.9. The molecule has 0 fully saturated rings. The maximum Gasteiger partial charge on any atom is 0.472 e. The molecule has 10 heteroatoms. The van der Waals surface area contributed by atoms with E-state index in [1.807, 2.05) is 21.1 Å². The molecule has 1 N–H and O–H groups in total. The number of hydrogen-bond acceptors (Lipinski definition) is 7. The van der Waals surface area contributed by atoms with E-state index in [0.29, 0.717) is 23.9 Å². The number of carbonyl (C=O) groups excluding carboxylic acids is 2. The van der Waals surface area contributed by atoms with Crippen molar-refractivity contribution in [1.29, 1.82) is 0 Å². The van der Waals surface area contributed by atoms with Gasteiger partial charge in [0.15, 0.2) is 6.10 Å². The molecule has 0 heterocycles. The highest BCUT2D eigenvalue weighted by molar-refractivity contribution is 7.47. The van der Waals surface area contributed by atoms with Crippen LogP contribution in [0.15, 0.2) is 72.9 Å². The molecule has 0 aliphatic rings. The number of ether oxygens (including phenoxy) is 2. The Labute approximate surface area is 609 Å². The van der Waals surface area contributed by atoms with Crippen LogP contribution in [-0.2, 0) is 32.7 Å². The Morgan fingerprint density at radius 3 is 0.867 bits per heavy atom. The fourth-order valence-electron chi connectivity index (χ4n) is 12.8. The third kappa shape index (κ3) is 82.4. The molecule has 574 valence electrons. The number of phosphoric ester groups is 1. The quantitative estimate of drug-likeness (QED) is 0.0211. The summed E-state index contributed by atoms with van der Waals surface area (Å²) >= 11 is 0. The van der Waals surface area contributed by atoms with Crippen molar-refractivity contribution in [3.8, 4) is 0 Å². The van der Waals surface area contributed by atoms with Gasteiger partial charge in [-0.2, -0.15) is 0 Å². The summed E-state index contributed by atoms with van der Waals surface area (Å²) in [6.07, 6.45) is 108. The number of esters is 2. The fraction of sp³-hybridized carbons (Fsp3) is 0.841. The van der Waals surface area contributed by atoms with Crippen molar-refractivity contribution in [1.82, 2.24) is 0 Å². The van der Waals surface area contributed by atoms with Crippen LogP contribution in [0.3, 0.4) is 0 Å². The molecule has 0 saturated heterocycles. The summed E-state index contributed by atoms with van der Waals surface area (Å²) in [5.41, 5.74) is 0. The monoisotopic (exact) mass is 1400 g/mol. The second-order valence-corrected chi connectivity index (χ2v) is 31.6. The summed E-state index contributed by atoms with van der Waals surface area (Å²) < 4.78 is 34.9. The highest BCUT2D eigenvalue weighted by Gasteiger charge is 2.27. The van der Waals surface area contributed by atoms with E-state index >= 15 is 0 Å². The number of quaternary nitrogens is 1. The van der Waals surface area contributed by atoms with E-state index < -0.39 is 26.5 Å². The molecule has 0 saturated carbocycles. The lowest BCUT2D eigenvalue weighted by Crippen LogP contribution is -2.37. The normalized spacial score (nSPS) is 13.3. The smallest absolute Gasteiger partial charge is 0.462 e. The number of unbranched alkanes of at least 4 members (excludes halogenated alkanes) is 54. The Morgan fingerprint density at radius 1 is 0.327 bits per heavy atom. The van der Waals surface area contributed by atoms with Crippen molar-refractivity contribution < 1.29 is 42.1 Å². The predicted molar refractivity (Wildman–Crippen MR) is 427 cm³/mol. The first-order chi connectivity index (χ1) is 48.0. The third-order valence-electron chi connectivity index (χ3n) is 19.2. The van der Waals surface area contributed by atoms with Crippen LogP contribution < -0.4 is 0 Å². The van der Waals surface area contributed by atoms with Gasteiger partial charge in [0.25, 0.3) is 0 Å². The topological polar surface area (TPSA) is 108 Å². The molecule has 2 unspecified atom stereocenters. The average molecular weight is 1400 g/mol. The van der Waals surface area contributed by atoms with Crippen LogP contribution in [0.1, 0.15) is 425 Å². The first-order valence-electron chi connectivity index (χ1n) is 42.7. The Morgan fingerprint density at radius 2 is 0.582 bits per heavy atom. The maximum atomic E-state index is 12.9. The molecule has 0 aliphatic heterocycles. The van der Waals surface area contributed by atoms with E-state index in [0.717, 1.165) is 64.2 Å². The van der Waals surface area contributed by atoms with Crippen LogP contribution >= 0.6 is 7.82 Å². The van der Waals surface area contributed by atoms with Crippen molar-refractivity contribution >= 4 is 19.8 Å². The lowest BCUT2D eigenvalue weighted by molar-refractivity contribution is -0.870. The van der Waals surface area contributed by atoms with Crippen molar-refractivity contribution in [2.24, 2.45) is 0 Å². The summed E-state index contributed by atoms with van der Waals surface area (Å²) in [6.45, 7) is 4.38. The van der Waals surface area contributed by atoms with E-state index in [-0.39, 0.29) is 25.6 Å². The fourth-order valence-corrected chi connectivity index (χ4v) is 13.5. The standard InChI is InChI=1S/C88H164NO8P/c1-6-8-10-12-14-16-18-20-22-24-26-28-30-32-34-36-38-40-41-42-43-44-45-46-47-49-50-52-54-56-58-60-62-64-66-68-70-72-74-76-78-80-87(90)94-84-86(85-96-98(92,93)95-83-82-89(3,4)5)97-88(91)81-79-77-75-73-71-69-67-65-63-61-59-57-55-53-51-48-39-37-35-33-31-29-27-25-23-21-19-17-15-13-11-9-7-2/h9,11,15,17-18,20-21,23-24,26-27,29,86H,6-8,10,12-14,16,19,22,25,28,30-85H2,1-5H3/p+1/b11-9-,17-15-,20-18-,23-21-,26-24-,29-27-. The second kappa shape index (κ2) is 78.6. The lowest BCUT2D eigenvalue weighted by Gasteiger charge is -2.24. The van der Waals surface area contributed by atoms with E-state index in [9.17, 15) is 19.0 Å².